The van der Waals surface area contributed by atoms with Gasteiger partial charge in [0.15, 0.2) is 0 Å². The number of benzene rings is 1. The summed E-state index contributed by atoms with van der Waals surface area (Å²) in [5.41, 5.74) is 1.09. The van der Waals surface area contributed by atoms with Crippen molar-refractivity contribution in [1.82, 2.24) is 5.32 Å². The molecular formula is C13H20ClNO2. The van der Waals surface area contributed by atoms with E-state index in [0.29, 0.717) is 13.2 Å². The highest BCUT2D eigenvalue weighted by molar-refractivity contribution is 6.30. The van der Waals surface area contributed by atoms with Crippen LogP contribution in [0.2, 0.25) is 5.02 Å². The smallest absolute Gasteiger partial charge is 0.124 e. The van der Waals surface area contributed by atoms with Gasteiger partial charge < -0.3 is 14.8 Å². The van der Waals surface area contributed by atoms with Crippen LogP contribution in [0.5, 0.6) is 5.75 Å². The molecule has 0 saturated carbocycles. The molecule has 0 bridgehead atoms. The van der Waals surface area contributed by atoms with Crippen molar-refractivity contribution in [1.29, 1.82) is 0 Å². The normalized spacial score (nSPS) is 10.5. The van der Waals surface area contributed by atoms with Crippen molar-refractivity contribution in [2.45, 2.75) is 19.9 Å². The third-order valence-electron chi connectivity index (χ3n) is 2.31. The molecule has 0 unspecified atom stereocenters. The minimum absolute atomic E-state index is 0.554. The van der Waals surface area contributed by atoms with Gasteiger partial charge in [-0.2, -0.15) is 0 Å². The fourth-order valence-electron chi connectivity index (χ4n) is 1.46. The van der Waals surface area contributed by atoms with Crippen molar-refractivity contribution >= 4 is 11.6 Å². The van der Waals surface area contributed by atoms with Gasteiger partial charge >= 0.3 is 0 Å². The molecule has 0 aromatic heterocycles. The van der Waals surface area contributed by atoms with E-state index in [0.717, 1.165) is 35.8 Å². The second-order valence-corrected chi connectivity index (χ2v) is 4.21. The molecule has 0 aliphatic carbocycles. The highest BCUT2D eigenvalue weighted by atomic mass is 35.5. The summed E-state index contributed by atoms with van der Waals surface area (Å²) in [5.74, 6) is 0.870. The maximum atomic E-state index is 5.98. The zero-order valence-corrected chi connectivity index (χ0v) is 11.2. The summed E-state index contributed by atoms with van der Waals surface area (Å²) in [6.45, 7) is 5.05. The zero-order chi connectivity index (χ0) is 12.5. The number of halogens is 1. The minimum Gasteiger partial charge on any atom is -0.491 e. The summed E-state index contributed by atoms with van der Waals surface area (Å²) in [6.07, 6.45) is 1.11. The SMILES string of the molecule is CCCNCc1cc(Cl)ccc1OCCOC. The van der Waals surface area contributed by atoms with Crippen LogP contribution in [0.25, 0.3) is 0 Å². The summed E-state index contributed by atoms with van der Waals surface area (Å²) in [7, 11) is 1.66. The first-order valence-electron chi connectivity index (χ1n) is 5.88. The van der Waals surface area contributed by atoms with Crippen LogP contribution in [0.1, 0.15) is 18.9 Å². The van der Waals surface area contributed by atoms with E-state index in [9.17, 15) is 0 Å². The van der Waals surface area contributed by atoms with Crippen molar-refractivity contribution in [2.24, 2.45) is 0 Å². The standard InChI is InChI=1S/C13H20ClNO2/c1-3-6-15-10-11-9-12(14)4-5-13(11)17-8-7-16-2/h4-5,9,15H,3,6-8,10H2,1-2H3. The molecule has 1 aromatic rings. The first kappa shape index (κ1) is 14.3. The Kier molecular flexibility index (Phi) is 7.01. The number of methoxy groups -OCH3 is 1. The number of hydrogen-bond donors (Lipinski definition) is 1. The van der Waals surface area contributed by atoms with Crippen molar-refractivity contribution in [3.63, 3.8) is 0 Å². The second-order valence-electron chi connectivity index (χ2n) is 3.77. The first-order valence-corrected chi connectivity index (χ1v) is 6.26. The molecule has 0 aliphatic heterocycles. The number of ether oxygens (including phenoxy) is 2. The van der Waals surface area contributed by atoms with E-state index >= 15 is 0 Å². The van der Waals surface area contributed by atoms with Gasteiger partial charge in [-0.15, -0.1) is 0 Å². The Labute approximate surface area is 108 Å². The monoisotopic (exact) mass is 257 g/mol. The number of rotatable bonds is 8. The lowest BCUT2D eigenvalue weighted by Gasteiger charge is -2.12. The molecule has 96 valence electrons. The summed E-state index contributed by atoms with van der Waals surface area (Å²) >= 11 is 5.98. The molecule has 0 amide bonds. The number of nitrogens with one attached hydrogen (secondary N) is 1. The van der Waals surface area contributed by atoms with E-state index in [2.05, 4.69) is 12.2 Å². The predicted octanol–water partition coefficient (Wildman–Crippen LogP) is 2.86. The summed E-state index contributed by atoms with van der Waals surface area (Å²) < 4.78 is 10.6. The van der Waals surface area contributed by atoms with Gasteiger partial charge in [-0.25, -0.2) is 0 Å². The Morgan fingerprint density at radius 1 is 1.29 bits per heavy atom. The molecule has 17 heavy (non-hydrogen) atoms. The van der Waals surface area contributed by atoms with Crippen molar-refractivity contribution in [3.8, 4) is 5.75 Å². The van der Waals surface area contributed by atoms with Crippen molar-refractivity contribution in [3.05, 3.63) is 28.8 Å². The summed E-state index contributed by atoms with van der Waals surface area (Å²) in [4.78, 5) is 0. The van der Waals surface area contributed by atoms with Gasteiger partial charge in [-0.05, 0) is 31.2 Å². The molecule has 0 saturated heterocycles. The molecule has 1 N–H and O–H groups in total. The van der Waals surface area contributed by atoms with Gasteiger partial charge in [0.2, 0.25) is 0 Å². The molecule has 0 radical (unpaired) electrons. The van der Waals surface area contributed by atoms with E-state index < -0.39 is 0 Å². The maximum absolute atomic E-state index is 5.98. The van der Waals surface area contributed by atoms with E-state index in [1.54, 1.807) is 7.11 Å². The Balaban J connectivity index is 2.59. The lowest BCUT2D eigenvalue weighted by atomic mass is 10.2. The third kappa shape index (κ3) is 5.39. The molecular weight excluding hydrogens is 238 g/mol. The van der Waals surface area contributed by atoms with Gasteiger partial charge in [-0.1, -0.05) is 18.5 Å². The van der Waals surface area contributed by atoms with Gasteiger partial charge in [0.25, 0.3) is 0 Å². The van der Waals surface area contributed by atoms with Crippen LogP contribution >= 0.6 is 11.6 Å². The average molecular weight is 258 g/mol. The maximum Gasteiger partial charge on any atom is 0.124 e. The lowest BCUT2D eigenvalue weighted by Crippen LogP contribution is -2.15. The summed E-state index contributed by atoms with van der Waals surface area (Å²) in [5, 5.41) is 4.07. The van der Waals surface area contributed by atoms with E-state index in [1.807, 2.05) is 18.2 Å². The van der Waals surface area contributed by atoms with Crippen molar-refractivity contribution < 1.29 is 9.47 Å². The fourth-order valence-corrected chi connectivity index (χ4v) is 1.66. The quantitative estimate of drug-likeness (QED) is 0.727. The predicted molar refractivity (Wildman–Crippen MR) is 70.8 cm³/mol. The molecule has 0 spiro atoms. The molecule has 0 aliphatic rings. The van der Waals surface area contributed by atoms with Crippen molar-refractivity contribution in [2.75, 3.05) is 26.9 Å². The Hall–Kier alpha value is -0.770. The molecule has 1 rings (SSSR count). The Morgan fingerprint density at radius 3 is 2.82 bits per heavy atom. The molecule has 0 fully saturated rings. The van der Waals surface area contributed by atoms with Crippen LogP contribution in [0, 0.1) is 0 Å². The Bertz CT molecular complexity index is 331. The topological polar surface area (TPSA) is 30.5 Å². The Morgan fingerprint density at radius 2 is 2.12 bits per heavy atom. The lowest BCUT2D eigenvalue weighted by molar-refractivity contribution is 0.145. The zero-order valence-electron chi connectivity index (χ0n) is 10.5. The van der Waals surface area contributed by atoms with Gasteiger partial charge in [0, 0.05) is 24.2 Å². The van der Waals surface area contributed by atoms with Gasteiger partial charge in [-0.3, -0.25) is 0 Å². The van der Waals surface area contributed by atoms with Crippen LogP contribution < -0.4 is 10.1 Å². The molecule has 1 aromatic carbocycles. The highest BCUT2D eigenvalue weighted by Gasteiger charge is 2.04. The molecule has 4 heteroatoms. The average Bonchev–Trinajstić information content (AvgIpc) is 2.32. The van der Waals surface area contributed by atoms with Crippen LogP contribution in [0.3, 0.4) is 0 Å². The van der Waals surface area contributed by atoms with E-state index in [4.69, 9.17) is 21.1 Å². The van der Waals surface area contributed by atoms with E-state index in [-0.39, 0.29) is 0 Å². The fraction of sp³-hybridized carbons (Fsp3) is 0.538. The second kappa shape index (κ2) is 8.34. The first-order chi connectivity index (χ1) is 8.27. The molecule has 0 heterocycles. The van der Waals surface area contributed by atoms with Crippen LogP contribution in [-0.2, 0) is 11.3 Å². The third-order valence-corrected chi connectivity index (χ3v) is 2.54. The minimum atomic E-state index is 0.554. The highest BCUT2D eigenvalue weighted by Crippen LogP contribution is 2.22. The number of hydrogen-bond acceptors (Lipinski definition) is 3. The van der Waals surface area contributed by atoms with Gasteiger partial charge in [0.05, 0.1) is 6.61 Å². The molecule has 3 nitrogen and oxygen atoms in total. The van der Waals surface area contributed by atoms with E-state index in [1.165, 1.54) is 0 Å². The summed E-state index contributed by atoms with van der Waals surface area (Å²) in [6, 6.07) is 5.68. The van der Waals surface area contributed by atoms with Crippen LogP contribution in [-0.4, -0.2) is 26.9 Å². The molecule has 0 atom stereocenters. The van der Waals surface area contributed by atoms with Gasteiger partial charge in [0.1, 0.15) is 12.4 Å². The largest absolute Gasteiger partial charge is 0.491 e. The van der Waals surface area contributed by atoms with Crippen LogP contribution in [0.4, 0.5) is 0 Å². The van der Waals surface area contributed by atoms with Crippen LogP contribution in [0.15, 0.2) is 18.2 Å².